The molecule has 0 spiro atoms. The van der Waals surface area contributed by atoms with Gasteiger partial charge in [0.25, 0.3) is 0 Å². The van der Waals surface area contributed by atoms with Crippen molar-refractivity contribution >= 4 is 5.91 Å². The Morgan fingerprint density at radius 2 is 2.32 bits per heavy atom. The summed E-state index contributed by atoms with van der Waals surface area (Å²) in [5, 5.41) is 2.85. The average molecular weight is 259 g/mol. The van der Waals surface area contributed by atoms with Crippen LogP contribution in [0.3, 0.4) is 0 Å². The second kappa shape index (κ2) is 5.30. The molecule has 0 aliphatic heterocycles. The molecule has 0 bridgehead atoms. The molecule has 2 aromatic rings. The number of imidazole rings is 1. The maximum Gasteiger partial charge on any atom is 0.227 e. The number of nitrogens with zero attached hydrogens (tertiary/aromatic N) is 1. The smallest absolute Gasteiger partial charge is 0.227 e. The van der Waals surface area contributed by atoms with Gasteiger partial charge < -0.3 is 14.7 Å². The van der Waals surface area contributed by atoms with Crippen LogP contribution in [0.25, 0.3) is 0 Å². The minimum absolute atomic E-state index is 0.0516. The van der Waals surface area contributed by atoms with E-state index in [1.54, 1.807) is 18.4 Å². The molecule has 2 N–H and O–H groups in total. The average Bonchev–Trinajstić information content (AvgIpc) is 3.04. The van der Waals surface area contributed by atoms with Crippen LogP contribution in [0.1, 0.15) is 35.8 Å². The summed E-state index contributed by atoms with van der Waals surface area (Å²) in [5.41, 5.74) is 2.41. The van der Waals surface area contributed by atoms with Crippen LogP contribution in [0.15, 0.2) is 22.8 Å². The van der Waals surface area contributed by atoms with Crippen LogP contribution in [0.4, 0.5) is 0 Å². The number of carbonyl (C=O) groups excluding carboxylic acids is 1. The number of hydrogen-bond donors (Lipinski definition) is 2. The van der Waals surface area contributed by atoms with Gasteiger partial charge in [0, 0.05) is 5.69 Å². The van der Waals surface area contributed by atoms with Crippen molar-refractivity contribution in [2.24, 2.45) is 0 Å². The number of nitrogens with one attached hydrogen (secondary N) is 2. The van der Waals surface area contributed by atoms with Gasteiger partial charge in [-0.1, -0.05) is 0 Å². The zero-order valence-electron chi connectivity index (χ0n) is 10.7. The molecular weight excluding hydrogens is 242 g/mol. The maximum atomic E-state index is 11.7. The number of hydrogen-bond acceptors (Lipinski definition) is 3. The highest BCUT2D eigenvalue weighted by Crippen LogP contribution is 2.18. The number of rotatable bonds is 4. The fourth-order valence-electron chi connectivity index (χ4n) is 2.41. The SMILES string of the molecule is O=C(Cc1ccco1)NCc1nc2c([nH]1)CCCC2. The normalized spacial score (nSPS) is 14.1. The molecule has 19 heavy (non-hydrogen) atoms. The summed E-state index contributed by atoms with van der Waals surface area (Å²) >= 11 is 0. The lowest BCUT2D eigenvalue weighted by atomic mass is 10.0. The molecule has 0 unspecified atom stereocenters. The first kappa shape index (κ1) is 12.0. The molecule has 0 saturated heterocycles. The van der Waals surface area contributed by atoms with Crippen molar-refractivity contribution in [3.63, 3.8) is 0 Å². The van der Waals surface area contributed by atoms with E-state index in [9.17, 15) is 4.79 Å². The molecule has 0 radical (unpaired) electrons. The molecule has 0 saturated carbocycles. The van der Waals surface area contributed by atoms with Crippen LogP contribution in [-0.2, 0) is 30.6 Å². The predicted octanol–water partition coefficient (Wildman–Crippen LogP) is 1.74. The second-order valence-electron chi connectivity index (χ2n) is 4.85. The van der Waals surface area contributed by atoms with Gasteiger partial charge in [0.1, 0.15) is 11.6 Å². The second-order valence-corrected chi connectivity index (χ2v) is 4.85. The third-order valence-electron chi connectivity index (χ3n) is 3.37. The summed E-state index contributed by atoms with van der Waals surface area (Å²) in [6, 6.07) is 3.58. The summed E-state index contributed by atoms with van der Waals surface area (Å²) in [6.07, 6.45) is 6.40. The minimum Gasteiger partial charge on any atom is -0.469 e. The first-order valence-electron chi connectivity index (χ1n) is 6.67. The van der Waals surface area contributed by atoms with Gasteiger partial charge in [-0.2, -0.15) is 0 Å². The van der Waals surface area contributed by atoms with E-state index in [2.05, 4.69) is 15.3 Å². The lowest BCUT2D eigenvalue weighted by Crippen LogP contribution is -2.24. The Kier molecular flexibility index (Phi) is 3.35. The molecule has 2 heterocycles. The van der Waals surface area contributed by atoms with Crippen molar-refractivity contribution in [3.8, 4) is 0 Å². The Morgan fingerprint density at radius 3 is 3.11 bits per heavy atom. The van der Waals surface area contributed by atoms with Crippen LogP contribution in [-0.4, -0.2) is 15.9 Å². The summed E-state index contributed by atoms with van der Waals surface area (Å²) in [7, 11) is 0. The summed E-state index contributed by atoms with van der Waals surface area (Å²) in [5.74, 6) is 1.47. The fourth-order valence-corrected chi connectivity index (χ4v) is 2.41. The highest BCUT2D eigenvalue weighted by molar-refractivity contribution is 5.77. The molecule has 0 fully saturated rings. The molecule has 0 aromatic carbocycles. The molecule has 100 valence electrons. The maximum absolute atomic E-state index is 11.7. The van der Waals surface area contributed by atoms with Crippen molar-refractivity contribution in [1.82, 2.24) is 15.3 Å². The van der Waals surface area contributed by atoms with E-state index in [0.717, 1.165) is 18.7 Å². The van der Waals surface area contributed by atoms with Gasteiger partial charge in [-0.3, -0.25) is 4.79 Å². The summed E-state index contributed by atoms with van der Waals surface area (Å²) in [6.45, 7) is 0.451. The standard InChI is InChI=1S/C14H17N3O2/c18-14(8-10-4-3-7-19-10)15-9-13-16-11-5-1-2-6-12(11)17-13/h3-4,7H,1-2,5-6,8-9H2,(H,15,18)(H,16,17). The van der Waals surface area contributed by atoms with Crippen LogP contribution in [0, 0.1) is 0 Å². The Labute approximate surface area is 111 Å². The molecule has 3 rings (SSSR count). The Bertz CT molecular complexity index is 534. The monoisotopic (exact) mass is 259 g/mol. The number of carbonyl (C=O) groups is 1. The molecule has 1 amide bonds. The fraction of sp³-hybridized carbons (Fsp3) is 0.429. The van der Waals surface area contributed by atoms with Gasteiger partial charge >= 0.3 is 0 Å². The van der Waals surface area contributed by atoms with E-state index >= 15 is 0 Å². The van der Waals surface area contributed by atoms with Gasteiger partial charge in [0.15, 0.2) is 0 Å². The molecule has 1 aliphatic carbocycles. The molecule has 1 aliphatic rings. The Morgan fingerprint density at radius 1 is 1.42 bits per heavy atom. The van der Waals surface area contributed by atoms with Gasteiger partial charge in [0.05, 0.1) is 24.9 Å². The van der Waals surface area contributed by atoms with E-state index in [-0.39, 0.29) is 12.3 Å². The Balaban J connectivity index is 1.54. The van der Waals surface area contributed by atoms with Crippen molar-refractivity contribution < 1.29 is 9.21 Å². The topological polar surface area (TPSA) is 70.9 Å². The lowest BCUT2D eigenvalue weighted by Gasteiger charge is -2.07. The van der Waals surface area contributed by atoms with Crippen molar-refractivity contribution in [2.45, 2.75) is 38.6 Å². The Hall–Kier alpha value is -2.04. The van der Waals surface area contributed by atoms with Gasteiger partial charge in [-0.05, 0) is 37.8 Å². The van der Waals surface area contributed by atoms with Crippen LogP contribution in [0.5, 0.6) is 0 Å². The van der Waals surface area contributed by atoms with E-state index < -0.39 is 0 Å². The zero-order valence-corrected chi connectivity index (χ0v) is 10.7. The summed E-state index contributed by atoms with van der Waals surface area (Å²) < 4.78 is 5.14. The van der Waals surface area contributed by atoms with Crippen molar-refractivity contribution in [1.29, 1.82) is 0 Å². The first-order valence-corrected chi connectivity index (χ1v) is 6.67. The molecule has 5 nitrogen and oxygen atoms in total. The van der Waals surface area contributed by atoms with Crippen molar-refractivity contribution in [3.05, 3.63) is 41.4 Å². The van der Waals surface area contributed by atoms with Crippen LogP contribution >= 0.6 is 0 Å². The molecule has 2 aromatic heterocycles. The van der Waals surface area contributed by atoms with E-state index in [4.69, 9.17) is 4.42 Å². The van der Waals surface area contributed by atoms with Crippen LogP contribution < -0.4 is 5.32 Å². The first-order chi connectivity index (χ1) is 9.31. The molecular formula is C14H17N3O2. The number of furan rings is 1. The molecule has 5 heteroatoms. The number of aromatic nitrogens is 2. The number of aryl methyl sites for hydroxylation is 2. The lowest BCUT2D eigenvalue weighted by molar-refractivity contribution is -0.120. The van der Waals surface area contributed by atoms with E-state index in [0.29, 0.717) is 12.3 Å². The minimum atomic E-state index is -0.0516. The van der Waals surface area contributed by atoms with Gasteiger partial charge in [-0.25, -0.2) is 4.98 Å². The molecule has 0 atom stereocenters. The third-order valence-corrected chi connectivity index (χ3v) is 3.37. The number of aromatic amines is 1. The number of amides is 1. The van der Waals surface area contributed by atoms with Crippen molar-refractivity contribution in [2.75, 3.05) is 0 Å². The number of H-pyrrole nitrogens is 1. The van der Waals surface area contributed by atoms with Crippen LogP contribution in [0.2, 0.25) is 0 Å². The van der Waals surface area contributed by atoms with E-state index in [1.807, 2.05) is 0 Å². The highest BCUT2D eigenvalue weighted by atomic mass is 16.3. The third kappa shape index (κ3) is 2.86. The quantitative estimate of drug-likeness (QED) is 0.878. The predicted molar refractivity (Wildman–Crippen MR) is 69.5 cm³/mol. The van der Waals surface area contributed by atoms with E-state index in [1.165, 1.54) is 24.2 Å². The van der Waals surface area contributed by atoms with Gasteiger partial charge in [-0.15, -0.1) is 0 Å². The summed E-state index contributed by atoms with van der Waals surface area (Å²) in [4.78, 5) is 19.5. The highest BCUT2D eigenvalue weighted by Gasteiger charge is 2.14. The largest absolute Gasteiger partial charge is 0.469 e. The van der Waals surface area contributed by atoms with Gasteiger partial charge in [0.2, 0.25) is 5.91 Å². The number of fused-ring (bicyclic) bond motifs is 1. The zero-order chi connectivity index (χ0) is 13.1.